The Hall–Kier alpha value is -0.420. The molecule has 4 heteroatoms. The zero-order chi connectivity index (χ0) is 12.1. The van der Waals surface area contributed by atoms with Gasteiger partial charge in [0, 0.05) is 19.6 Å². The molecular weight excluding hydrogens is 232 g/mol. The van der Waals surface area contributed by atoms with Crippen LogP contribution in [-0.2, 0) is 11.3 Å². The predicted octanol–water partition coefficient (Wildman–Crippen LogP) is 1.95. The second-order valence-electron chi connectivity index (χ2n) is 4.84. The molecule has 1 aromatic heterocycles. The Bertz CT molecular complexity index is 315. The van der Waals surface area contributed by atoms with Crippen LogP contribution in [0.25, 0.3) is 0 Å². The van der Waals surface area contributed by atoms with Crippen molar-refractivity contribution in [3.8, 4) is 0 Å². The molecule has 1 aliphatic heterocycles. The second-order valence-corrected chi connectivity index (χ2v) is 5.62. The van der Waals surface area contributed by atoms with Gasteiger partial charge in [0.05, 0.1) is 12.2 Å². The number of nitrogens with zero attached hydrogens (tertiary/aromatic N) is 1. The minimum Gasteiger partial charge on any atom is -0.372 e. The maximum Gasteiger partial charge on any atom is 0.0707 e. The number of likely N-dealkylation sites (N-methyl/N-ethyl adjacent to an activating group) is 2. The molecule has 1 fully saturated rings. The molecule has 1 saturated heterocycles. The lowest BCUT2D eigenvalue weighted by Crippen LogP contribution is -2.30. The van der Waals surface area contributed by atoms with Crippen LogP contribution in [0.15, 0.2) is 16.8 Å². The molecule has 2 rings (SSSR count). The molecule has 0 aliphatic carbocycles. The van der Waals surface area contributed by atoms with E-state index in [0.717, 1.165) is 19.6 Å². The number of rotatable bonds is 6. The van der Waals surface area contributed by atoms with Crippen molar-refractivity contribution < 1.29 is 4.74 Å². The van der Waals surface area contributed by atoms with Crippen LogP contribution in [0.4, 0.5) is 0 Å². The van der Waals surface area contributed by atoms with Crippen LogP contribution in [0.5, 0.6) is 0 Å². The summed E-state index contributed by atoms with van der Waals surface area (Å²) in [7, 11) is 4.16. The third kappa shape index (κ3) is 4.07. The SMILES string of the molecule is CNCC1CCC(CN(C)Cc2ccsc2)O1. The van der Waals surface area contributed by atoms with E-state index in [9.17, 15) is 0 Å². The summed E-state index contributed by atoms with van der Waals surface area (Å²) < 4.78 is 5.99. The lowest BCUT2D eigenvalue weighted by atomic mass is 10.2. The maximum atomic E-state index is 5.99. The summed E-state index contributed by atoms with van der Waals surface area (Å²) in [5.74, 6) is 0. The molecule has 0 amide bonds. The van der Waals surface area contributed by atoms with Gasteiger partial charge in [0.2, 0.25) is 0 Å². The summed E-state index contributed by atoms with van der Waals surface area (Å²) in [4.78, 5) is 2.36. The molecule has 0 bridgehead atoms. The first-order valence-corrected chi connectivity index (χ1v) is 7.22. The Kier molecular flexibility index (Phi) is 4.98. The zero-order valence-corrected chi connectivity index (χ0v) is 11.5. The van der Waals surface area contributed by atoms with Gasteiger partial charge in [-0.1, -0.05) is 0 Å². The molecule has 0 spiro atoms. The van der Waals surface area contributed by atoms with E-state index in [0.29, 0.717) is 12.2 Å². The van der Waals surface area contributed by atoms with Crippen molar-refractivity contribution >= 4 is 11.3 Å². The fraction of sp³-hybridized carbons (Fsp3) is 0.692. The highest BCUT2D eigenvalue weighted by atomic mass is 32.1. The van der Waals surface area contributed by atoms with Crippen molar-refractivity contribution in [2.45, 2.75) is 31.6 Å². The van der Waals surface area contributed by atoms with Crippen molar-refractivity contribution in [3.63, 3.8) is 0 Å². The molecule has 2 heterocycles. The molecule has 2 unspecified atom stereocenters. The number of ether oxygens (including phenoxy) is 1. The van der Waals surface area contributed by atoms with Crippen molar-refractivity contribution in [1.82, 2.24) is 10.2 Å². The lowest BCUT2D eigenvalue weighted by molar-refractivity contribution is 0.0276. The molecule has 1 N–H and O–H groups in total. The maximum absolute atomic E-state index is 5.99. The van der Waals surface area contributed by atoms with Crippen LogP contribution < -0.4 is 5.32 Å². The molecule has 0 aromatic carbocycles. The van der Waals surface area contributed by atoms with Crippen LogP contribution in [-0.4, -0.2) is 44.3 Å². The molecular formula is C13H22N2OS. The van der Waals surface area contributed by atoms with Crippen LogP contribution in [0.3, 0.4) is 0 Å². The van der Waals surface area contributed by atoms with Crippen molar-refractivity contribution in [3.05, 3.63) is 22.4 Å². The lowest BCUT2D eigenvalue weighted by Gasteiger charge is -2.21. The van der Waals surface area contributed by atoms with Gasteiger partial charge in [-0.2, -0.15) is 11.3 Å². The Balaban J connectivity index is 1.70. The molecule has 96 valence electrons. The summed E-state index contributed by atoms with van der Waals surface area (Å²) in [6.07, 6.45) is 3.22. The minimum atomic E-state index is 0.414. The molecule has 1 aliphatic rings. The van der Waals surface area contributed by atoms with E-state index < -0.39 is 0 Å². The highest BCUT2D eigenvalue weighted by Gasteiger charge is 2.25. The zero-order valence-electron chi connectivity index (χ0n) is 10.7. The van der Waals surface area contributed by atoms with Gasteiger partial charge >= 0.3 is 0 Å². The van der Waals surface area contributed by atoms with E-state index in [1.54, 1.807) is 11.3 Å². The fourth-order valence-electron chi connectivity index (χ4n) is 2.40. The van der Waals surface area contributed by atoms with Crippen molar-refractivity contribution in [1.29, 1.82) is 0 Å². The van der Waals surface area contributed by atoms with E-state index in [1.807, 2.05) is 7.05 Å². The largest absolute Gasteiger partial charge is 0.372 e. The molecule has 2 atom stereocenters. The first-order valence-electron chi connectivity index (χ1n) is 6.27. The van der Waals surface area contributed by atoms with Gasteiger partial charge in [-0.25, -0.2) is 0 Å². The summed E-state index contributed by atoms with van der Waals surface area (Å²) in [6, 6.07) is 2.19. The fourth-order valence-corrected chi connectivity index (χ4v) is 3.06. The minimum absolute atomic E-state index is 0.414. The van der Waals surface area contributed by atoms with E-state index in [4.69, 9.17) is 4.74 Å². The average molecular weight is 254 g/mol. The highest BCUT2D eigenvalue weighted by molar-refractivity contribution is 7.07. The average Bonchev–Trinajstić information content (AvgIpc) is 2.91. The van der Waals surface area contributed by atoms with Gasteiger partial charge in [0.15, 0.2) is 0 Å². The number of nitrogens with one attached hydrogen (secondary N) is 1. The molecule has 0 radical (unpaired) electrons. The van der Waals surface area contributed by atoms with Crippen LogP contribution in [0, 0.1) is 0 Å². The number of hydrogen-bond donors (Lipinski definition) is 1. The summed E-state index contributed by atoms with van der Waals surface area (Å²) in [5.41, 5.74) is 1.40. The highest BCUT2D eigenvalue weighted by Crippen LogP contribution is 2.20. The van der Waals surface area contributed by atoms with Crippen molar-refractivity contribution in [2.24, 2.45) is 0 Å². The standard InChI is InChI=1S/C13H22N2OS/c1-14-7-12-3-4-13(16-12)9-15(2)8-11-5-6-17-10-11/h5-6,10,12-14H,3-4,7-9H2,1-2H3. The van der Waals surface area contributed by atoms with E-state index in [-0.39, 0.29) is 0 Å². The van der Waals surface area contributed by atoms with E-state index in [1.165, 1.54) is 18.4 Å². The molecule has 1 aromatic rings. The normalized spacial score (nSPS) is 24.6. The third-order valence-electron chi connectivity index (χ3n) is 3.18. The monoisotopic (exact) mass is 254 g/mol. The summed E-state index contributed by atoms with van der Waals surface area (Å²) in [6.45, 7) is 3.04. The van der Waals surface area contributed by atoms with Gasteiger partial charge in [-0.3, -0.25) is 4.90 Å². The molecule has 17 heavy (non-hydrogen) atoms. The third-order valence-corrected chi connectivity index (χ3v) is 3.91. The van der Waals surface area contributed by atoms with Crippen molar-refractivity contribution in [2.75, 3.05) is 27.2 Å². The Morgan fingerprint density at radius 1 is 1.47 bits per heavy atom. The predicted molar refractivity (Wildman–Crippen MR) is 72.5 cm³/mol. The van der Waals surface area contributed by atoms with Gasteiger partial charge in [-0.05, 0) is 49.3 Å². The van der Waals surface area contributed by atoms with E-state index >= 15 is 0 Å². The van der Waals surface area contributed by atoms with Crippen LogP contribution in [0.1, 0.15) is 18.4 Å². The number of thiophene rings is 1. The Labute approximate surface area is 108 Å². The van der Waals surface area contributed by atoms with Gasteiger partial charge in [0.1, 0.15) is 0 Å². The Morgan fingerprint density at radius 2 is 2.29 bits per heavy atom. The first-order chi connectivity index (χ1) is 8.28. The molecule has 0 saturated carbocycles. The van der Waals surface area contributed by atoms with Gasteiger partial charge in [0.25, 0.3) is 0 Å². The Morgan fingerprint density at radius 3 is 3.00 bits per heavy atom. The van der Waals surface area contributed by atoms with E-state index in [2.05, 4.69) is 34.1 Å². The molecule has 3 nitrogen and oxygen atoms in total. The topological polar surface area (TPSA) is 24.5 Å². The summed E-state index contributed by atoms with van der Waals surface area (Å²) >= 11 is 1.77. The van der Waals surface area contributed by atoms with Gasteiger partial charge < -0.3 is 10.1 Å². The first kappa shape index (κ1) is 13.0. The smallest absolute Gasteiger partial charge is 0.0707 e. The van der Waals surface area contributed by atoms with Gasteiger partial charge in [-0.15, -0.1) is 0 Å². The summed E-state index contributed by atoms with van der Waals surface area (Å²) in [5, 5.41) is 7.54. The van der Waals surface area contributed by atoms with Crippen LogP contribution >= 0.6 is 11.3 Å². The van der Waals surface area contributed by atoms with Crippen LogP contribution in [0.2, 0.25) is 0 Å². The quantitative estimate of drug-likeness (QED) is 0.840. The number of hydrogen-bond acceptors (Lipinski definition) is 4. The second kappa shape index (κ2) is 6.50.